The van der Waals surface area contributed by atoms with E-state index in [2.05, 4.69) is 0 Å². The molecule has 0 saturated carbocycles. The zero-order chi connectivity index (χ0) is 11.6. The first-order valence-corrected chi connectivity index (χ1v) is 3.86. The highest BCUT2D eigenvalue weighted by Gasteiger charge is 2.20. The fourth-order valence-electron chi connectivity index (χ4n) is 1.08. The quantitative estimate of drug-likeness (QED) is 0.421. The van der Waals surface area contributed by atoms with Gasteiger partial charge in [0, 0.05) is 0 Å². The lowest BCUT2D eigenvalue weighted by molar-refractivity contribution is -0.385. The number of Topliss-reactive ketones (excluding diaryl/α,β-unsaturated/α-hetero) is 1. The van der Waals surface area contributed by atoms with Crippen molar-refractivity contribution < 1.29 is 14.1 Å². The summed E-state index contributed by atoms with van der Waals surface area (Å²) in [6.07, 6.45) is 0. The lowest BCUT2D eigenvalue weighted by atomic mass is 10.1. The van der Waals surface area contributed by atoms with Gasteiger partial charge in [-0.15, -0.1) is 0 Å². The minimum atomic E-state index is -1.01. The van der Waals surface area contributed by atoms with E-state index in [-0.39, 0.29) is 11.1 Å². The van der Waals surface area contributed by atoms with Crippen molar-refractivity contribution in [2.75, 3.05) is 0 Å². The maximum atomic E-state index is 13.0. The summed E-state index contributed by atoms with van der Waals surface area (Å²) in [4.78, 5) is 20.6. The Balaban J connectivity index is 3.54. The van der Waals surface area contributed by atoms with Crippen LogP contribution in [-0.2, 0) is 0 Å². The number of ketones is 1. The number of nitriles is 1. The maximum Gasteiger partial charge on any atom is 0.283 e. The number of carbonyl (C=O) groups is 1. The van der Waals surface area contributed by atoms with Crippen molar-refractivity contribution in [3.8, 4) is 6.07 Å². The Morgan fingerprint density at radius 2 is 2.20 bits per heavy atom. The monoisotopic (exact) mass is 208 g/mol. The normalized spacial score (nSPS) is 9.40. The molecule has 0 heterocycles. The number of halogens is 1. The van der Waals surface area contributed by atoms with Gasteiger partial charge < -0.3 is 0 Å². The number of nitro benzene ring substituents is 1. The van der Waals surface area contributed by atoms with E-state index >= 15 is 0 Å². The van der Waals surface area contributed by atoms with Gasteiger partial charge in [0.25, 0.3) is 5.69 Å². The molecule has 0 spiro atoms. The first-order chi connectivity index (χ1) is 6.97. The molecule has 0 aliphatic carbocycles. The number of rotatable bonds is 2. The van der Waals surface area contributed by atoms with Crippen LogP contribution in [0.4, 0.5) is 10.1 Å². The van der Waals surface area contributed by atoms with Crippen LogP contribution in [0.15, 0.2) is 12.1 Å². The zero-order valence-corrected chi connectivity index (χ0v) is 7.65. The summed E-state index contributed by atoms with van der Waals surface area (Å²) in [7, 11) is 0. The van der Waals surface area contributed by atoms with Gasteiger partial charge in [-0.05, 0) is 13.0 Å². The molecule has 0 amide bonds. The van der Waals surface area contributed by atoms with Crippen molar-refractivity contribution in [2.45, 2.75) is 6.92 Å². The van der Waals surface area contributed by atoms with E-state index < -0.39 is 22.2 Å². The predicted octanol–water partition coefficient (Wildman–Crippen LogP) is 1.81. The van der Waals surface area contributed by atoms with E-state index in [1.807, 2.05) is 0 Å². The van der Waals surface area contributed by atoms with Crippen LogP contribution in [0.2, 0.25) is 0 Å². The van der Waals surface area contributed by atoms with E-state index in [9.17, 15) is 19.3 Å². The van der Waals surface area contributed by atoms with Crippen LogP contribution in [0.1, 0.15) is 22.8 Å². The molecule has 0 aliphatic heterocycles. The Morgan fingerprint density at radius 3 is 2.60 bits per heavy atom. The van der Waals surface area contributed by atoms with Gasteiger partial charge in [0.2, 0.25) is 0 Å². The highest BCUT2D eigenvalue weighted by Crippen LogP contribution is 2.22. The molecule has 0 unspecified atom stereocenters. The predicted molar refractivity (Wildman–Crippen MR) is 47.8 cm³/mol. The summed E-state index contributed by atoms with van der Waals surface area (Å²) in [5.74, 6) is -1.59. The summed E-state index contributed by atoms with van der Waals surface area (Å²) < 4.78 is 13.0. The maximum absolute atomic E-state index is 13.0. The lowest BCUT2D eigenvalue weighted by Gasteiger charge is -2.00. The number of carbonyl (C=O) groups excluding carboxylic acids is 1. The molecule has 1 aromatic rings. The smallest absolute Gasteiger partial charge is 0.283 e. The third kappa shape index (κ3) is 1.96. The molecule has 0 fully saturated rings. The molecule has 0 N–H and O–H groups in total. The molecule has 15 heavy (non-hydrogen) atoms. The van der Waals surface area contributed by atoms with Gasteiger partial charge >= 0.3 is 0 Å². The van der Waals surface area contributed by atoms with Gasteiger partial charge in [0.1, 0.15) is 11.9 Å². The highest BCUT2D eigenvalue weighted by molar-refractivity contribution is 5.98. The average molecular weight is 208 g/mol. The fourth-order valence-corrected chi connectivity index (χ4v) is 1.08. The number of hydrogen-bond donors (Lipinski definition) is 0. The van der Waals surface area contributed by atoms with Crippen molar-refractivity contribution in [2.24, 2.45) is 0 Å². The molecule has 1 aromatic carbocycles. The van der Waals surface area contributed by atoms with Crippen molar-refractivity contribution in [3.63, 3.8) is 0 Å². The number of nitrogens with zero attached hydrogens (tertiary/aromatic N) is 2. The van der Waals surface area contributed by atoms with E-state index in [0.717, 1.165) is 13.0 Å². The van der Waals surface area contributed by atoms with Gasteiger partial charge in [-0.3, -0.25) is 14.9 Å². The third-order valence-electron chi connectivity index (χ3n) is 1.78. The van der Waals surface area contributed by atoms with Gasteiger partial charge in [0.15, 0.2) is 5.78 Å². The Bertz CT molecular complexity index is 491. The fraction of sp³-hybridized carbons (Fsp3) is 0.111. The summed E-state index contributed by atoms with van der Waals surface area (Å²) >= 11 is 0. The Labute approximate surface area is 83.9 Å². The zero-order valence-electron chi connectivity index (χ0n) is 7.65. The van der Waals surface area contributed by atoms with Crippen LogP contribution < -0.4 is 0 Å². The van der Waals surface area contributed by atoms with Crippen LogP contribution in [0, 0.1) is 27.3 Å². The van der Waals surface area contributed by atoms with Crippen LogP contribution in [-0.4, -0.2) is 10.7 Å². The molecule has 76 valence electrons. The first kappa shape index (κ1) is 10.8. The summed E-state index contributed by atoms with van der Waals surface area (Å²) in [5.41, 5.74) is -1.28. The van der Waals surface area contributed by atoms with Crippen molar-refractivity contribution in [3.05, 3.63) is 39.2 Å². The molecule has 0 atom stereocenters. The summed E-state index contributed by atoms with van der Waals surface area (Å²) in [6, 6.07) is 2.97. The van der Waals surface area contributed by atoms with Crippen LogP contribution in [0.25, 0.3) is 0 Å². The largest absolute Gasteiger partial charge is 0.294 e. The van der Waals surface area contributed by atoms with E-state index in [0.29, 0.717) is 6.07 Å². The number of hydrogen-bond acceptors (Lipinski definition) is 4. The molecule has 0 aromatic heterocycles. The Hall–Kier alpha value is -2.29. The molecule has 1 rings (SSSR count). The first-order valence-electron chi connectivity index (χ1n) is 3.86. The Morgan fingerprint density at radius 1 is 1.60 bits per heavy atom. The van der Waals surface area contributed by atoms with Gasteiger partial charge in [-0.1, -0.05) is 0 Å². The molecule has 0 bridgehead atoms. The van der Waals surface area contributed by atoms with E-state index in [1.165, 1.54) is 6.07 Å². The van der Waals surface area contributed by atoms with Crippen molar-refractivity contribution >= 4 is 11.5 Å². The second-order valence-corrected chi connectivity index (χ2v) is 2.77. The lowest BCUT2D eigenvalue weighted by Crippen LogP contribution is -2.02. The molecule has 6 heteroatoms. The molecule has 0 saturated heterocycles. The van der Waals surface area contributed by atoms with E-state index in [4.69, 9.17) is 5.26 Å². The van der Waals surface area contributed by atoms with Crippen LogP contribution in [0.5, 0.6) is 0 Å². The molecule has 5 nitrogen and oxygen atoms in total. The minimum absolute atomic E-state index is 0.266. The van der Waals surface area contributed by atoms with Crippen molar-refractivity contribution in [1.29, 1.82) is 5.26 Å². The Kier molecular flexibility index (Phi) is 2.76. The minimum Gasteiger partial charge on any atom is -0.294 e. The highest BCUT2D eigenvalue weighted by atomic mass is 19.1. The summed E-state index contributed by atoms with van der Waals surface area (Å²) in [5, 5.41) is 19.0. The molecule has 0 aliphatic rings. The molecular weight excluding hydrogens is 203 g/mol. The summed E-state index contributed by atoms with van der Waals surface area (Å²) in [6.45, 7) is 1.11. The number of benzene rings is 1. The van der Waals surface area contributed by atoms with Crippen LogP contribution in [0.3, 0.4) is 0 Å². The number of nitro groups is 1. The van der Waals surface area contributed by atoms with Gasteiger partial charge in [0.05, 0.1) is 22.1 Å². The third-order valence-corrected chi connectivity index (χ3v) is 1.78. The van der Waals surface area contributed by atoms with Gasteiger partial charge in [-0.25, -0.2) is 4.39 Å². The molecular formula is C9H5FN2O3. The second kappa shape index (κ2) is 3.84. The molecule has 0 radical (unpaired) electrons. The van der Waals surface area contributed by atoms with E-state index in [1.54, 1.807) is 0 Å². The van der Waals surface area contributed by atoms with Crippen LogP contribution >= 0.6 is 0 Å². The average Bonchev–Trinajstić information content (AvgIpc) is 2.16. The van der Waals surface area contributed by atoms with Gasteiger partial charge in [-0.2, -0.15) is 5.26 Å². The topological polar surface area (TPSA) is 84.0 Å². The van der Waals surface area contributed by atoms with Crippen molar-refractivity contribution in [1.82, 2.24) is 0 Å². The second-order valence-electron chi connectivity index (χ2n) is 2.77. The SMILES string of the molecule is CC(=O)c1cc(C#N)c(F)cc1[N+](=O)[O-]. The standard InChI is InChI=1S/C9H5FN2O3/c1-5(13)7-2-6(4-11)8(10)3-9(7)12(14)15/h2-3H,1H3.